The summed E-state index contributed by atoms with van der Waals surface area (Å²) in [7, 11) is 1.60. The molecule has 8 heteroatoms. The predicted octanol–water partition coefficient (Wildman–Crippen LogP) is 4.07. The number of methoxy groups -OCH3 is 1. The van der Waals surface area contributed by atoms with Crippen molar-refractivity contribution in [3.05, 3.63) is 93.3 Å². The number of amides is 1. The molecule has 1 aliphatic heterocycles. The van der Waals surface area contributed by atoms with Gasteiger partial charge in [-0.3, -0.25) is 19.9 Å². The molecule has 3 aromatic rings. The molecule has 30 heavy (non-hydrogen) atoms. The van der Waals surface area contributed by atoms with E-state index in [-0.39, 0.29) is 11.6 Å². The van der Waals surface area contributed by atoms with Crippen molar-refractivity contribution in [2.75, 3.05) is 12.4 Å². The van der Waals surface area contributed by atoms with Gasteiger partial charge in [0.15, 0.2) is 0 Å². The van der Waals surface area contributed by atoms with Crippen molar-refractivity contribution < 1.29 is 14.5 Å². The second-order valence-corrected chi connectivity index (χ2v) is 7.02. The second kappa shape index (κ2) is 7.82. The molecule has 0 saturated carbocycles. The number of nitrogens with one attached hydrogen (secondary N) is 1. The van der Waals surface area contributed by atoms with Gasteiger partial charge in [-0.2, -0.15) is 0 Å². The van der Waals surface area contributed by atoms with Crippen molar-refractivity contribution in [2.24, 2.45) is 0 Å². The Kier molecular flexibility index (Phi) is 5.05. The number of nitro benzene ring substituents is 1. The minimum atomic E-state index is -0.490. The van der Waals surface area contributed by atoms with Crippen molar-refractivity contribution in [3.8, 4) is 5.75 Å². The zero-order valence-electron chi connectivity index (χ0n) is 16.5. The summed E-state index contributed by atoms with van der Waals surface area (Å²) in [6.07, 6.45) is 1.16. The molecule has 4 rings (SSSR count). The highest BCUT2D eigenvalue weighted by Crippen LogP contribution is 2.35. The zero-order chi connectivity index (χ0) is 21.3. The summed E-state index contributed by atoms with van der Waals surface area (Å²) in [6.45, 7) is 2.17. The van der Waals surface area contributed by atoms with Crippen LogP contribution in [0.5, 0.6) is 5.75 Å². The second-order valence-electron chi connectivity index (χ2n) is 7.02. The summed E-state index contributed by atoms with van der Waals surface area (Å²) in [5.74, 6) is 0.624. The maximum Gasteiger partial charge on any atom is 0.269 e. The number of benzene rings is 2. The summed E-state index contributed by atoms with van der Waals surface area (Å²) < 4.78 is 5.20. The Morgan fingerprint density at radius 2 is 1.97 bits per heavy atom. The van der Waals surface area contributed by atoms with Crippen LogP contribution >= 0.6 is 0 Å². The molecule has 1 unspecified atom stereocenters. The third kappa shape index (κ3) is 3.55. The van der Waals surface area contributed by atoms with E-state index in [2.05, 4.69) is 10.3 Å². The average Bonchev–Trinajstić information content (AvgIpc) is 3.01. The molecule has 0 spiro atoms. The molecule has 1 amide bonds. The van der Waals surface area contributed by atoms with Gasteiger partial charge < -0.3 is 15.0 Å². The lowest BCUT2D eigenvalue weighted by molar-refractivity contribution is -0.384. The first-order valence-electron chi connectivity index (χ1n) is 9.38. The van der Waals surface area contributed by atoms with Crippen LogP contribution < -0.4 is 10.1 Å². The monoisotopic (exact) mass is 404 g/mol. The number of nitro groups is 1. The fraction of sp³-hybridized carbons (Fsp3) is 0.182. The van der Waals surface area contributed by atoms with Gasteiger partial charge in [0, 0.05) is 30.6 Å². The van der Waals surface area contributed by atoms with Crippen LogP contribution in [0.4, 0.5) is 11.4 Å². The summed E-state index contributed by atoms with van der Waals surface area (Å²) >= 11 is 0. The van der Waals surface area contributed by atoms with Crippen LogP contribution in [0.3, 0.4) is 0 Å². The van der Waals surface area contributed by atoms with Crippen molar-refractivity contribution in [2.45, 2.75) is 19.6 Å². The van der Waals surface area contributed by atoms with Crippen LogP contribution in [0.2, 0.25) is 0 Å². The molecule has 0 radical (unpaired) electrons. The van der Waals surface area contributed by atoms with Gasteiger partial charge >= 0.3 is 0 Å². The van der Waals surface area contributed by atoms with Crippen LogP contribution in [0, 0.1) is 17.0 Å². The zero-order valence-corrected chi connectivity index (χ0v) is 16.5. The van der Waals surface area contributed by atoms with Crippen molar-refractivity contribution in [3.63, 3.8) is 0 Å². The number of aromatic nitrogens is 1. The predicted molar refractivity (Wildman–Crippen MR) is 111 cm³/mol. The van der Waals surface area contributed by atoms with E-state index in [1.54, 1.807) is 43.3 Å². The average molecular weight is 404 g/mol. The first-order chi connectivity index (χ1) is 14.5. The molecular weight excluding hydrogens is 384 g/mol. The van der Waals surface area contributed by atoms with Gasteiger partial charge in [0.05, 0.1) is 23.3 Å². The molecule has 1 aliphatic rings. The molecule has 1 N–H and O–H groups in total. The summed E-state index contributed by atoms with van der Waals surface area (Å²) in [5, 5.41) is 14.4. The Balaban J connectivity index is 1.66. The van der Waals surface area contributed by atoms with Crippen molar-refractivity contribution in [1.29, 1.82) is 0 Å². The lowest BCUT2D eigenvalue weighted by Gasteiger charge is -2.27. The van der Waals surface area contributed by atoms with E-state index < -0.39 is 11.1 Å². The third-order valence-electron chi connectivity index (χ3n) is 5.13. The highest BCUT2D eigenvalue weighted by atomic mass is 16.6. The van der Waals surface area contributed by atoms with Gasteiger partial charge in [-0.1, -0.05) is 12.1 Å². The summed E-state index contributed by atoms with van der Waals surface area (Å²) in [5.41, 5.74) is 3.57. The molecule has 8 nitrogen and oxygen atoms in total. The van der Waals surface area contributed by atoms with Gasteiger partial charge in [0.2, 0.25) is 0 Å². The third-order valence-corrected chi connectivity index (χ3v) is 5.13. The number of hydrogen-bond acceptors (Lipinski definition) is 6. The maximum atomic E-state index is 13.1. The number of non-ortho nitro benzene ring substituents is 1. The van der Waals surface area contributed by atoms with E-state index in [1.165, 1.54) is 12.1 Å². The van der Waals surface area contributed by atoms with E-state index in [0.717, 1.165) is 11.3 Å². The molecule has 2 aromatic carbocycles. The van der Waals surface area contributed by atoms with Crippen LogP contribution in [0.25, 0.3) is 0 Å². The van der Waals surface area contributed by atoms with Crippen LogP contribution in [-0.2, 0) is 6.54 Å². The molecule has 0 bridgehead atoms. The number of ether oxygens (including phenoxy) is 1. The largest absolute Gasteiger partial charge is 0.497 e. The highest BCUT2D eigenvalue weighted by Gasteiger charge is 2.38. The van der Waals surface area contributed by atoms with E-state index in [1.807, 2.05) is 24.3 Å². The normalized spacial score (nSPS) is 15.1. The fourth-order valence-corrected chi connectivity index (χ4v) is 3.54. The number of carbonyl (C=O) groups excluding carboxylic acids is 1. The minimum Gasteiger partial charge on any atom is -0.497 e. The van der Waals surface area contributed by atoms with Gasteiger partial charge in [0.1, 0.15) is 11.9 Å². The smallest absolute Gasteiger partial charge is 0.269 e. The van der Waals surface area contributed by atoms with E-state index in [4.69, 9.17) is 4.74 Å². The molecule has 0 fully saturated rings. The first kappa shape index (κ1) is 19.4. The van der Waals surface area contributed by atoms with Crippen LogP contribution in [0.1, 0.15) is 33.3 Å². The lowest BCUT2D eigenvalue weighted by Crippen LogP contribution is -2.32. The minimum absolute atomic E-state index is 0.0224. The molecular formula is C22H20N4O4. The molecule has 0 aliphatic carbocycles. The Hall–Kier alpha value is -3.94. The van der Waals surface area contributed by atoms with Crippen molar-refractivity contribution >= 4 is 17.3 Å². The number of anilines is 1. The number of aryl methyl sites for hydroxylation is 1. The van der Waals surface area contributed by atoms with Gasteiger partial charge in [-0.25, -0.2) is 0 Å². The number of rotatable bonds is 6. The van der Waals surface area contributed by atoms with Crippen LogP contribution in [-0.4, -0.2) is 27.8 Å². The van der Waals surface area contributed by atoms with Crippen molar-refractivity contribution in [1.82, 2.24) is 9.88 Å². The summed E-state index contributed by atoms with van der Waals surface area (Å²) in [4.78, 5) is 29.8. The lowest BCUT2D eigenvalue weighted by atomic mass is 10.1. The SMILES string of the molecule is COc1ccc(CN2C(=O)c3cccnc3C2Nc2ccc([N+](=O)[O-])cc2C)cc1. The van der Waals surface area contributed by atoms with Gasteiger partial charge in [-0.05, 0) is 48.4 Å². The Bertz CT molecular complexity index is 1110. The van der Waals surface area contributed by atoms with E-state index in [9.17, 15) is 14.9 Å². The number of fused-ring (bicyclic) bond motifs is 1. The topological polar surface area (TPSA) is 97.6 Å². The molecule has 1 atom stereocenters. The number of nitrogens with zero attached hydrogens (tertiary/aromatic N) is 3. The highest BCUT2D eigenvalue weighted by molar-refractivity contribution is 5.99. The number of pyridine rings is 1. The molecule has 0 saturated heterocycles. The Labute approximate surface area is 173 Å². The quantitative estimate of drug-likeness (QED) is 0.491. The Morgan fingerprint density at radius 3 is 2.63 bits per heavy atom. The standard InChI is InChI=1S/C22H20N4O4/c1-14-12-16(26(28)29)7-10-19(14)24-21-20-18(4-3-11-23-20)22(27)25(21)13-15-5-8-17(30-2)9-6-15/h3-12,21,24H,13H2,1-2H3. The van der Waals surface area contributed by atoms with Crippen LogP contribution in [0.15, 0.2) is 60.8 Å². The van der Waals surface area contributed by atoms with E-state index >= 15 is 0 Å². The van der Waals surface area contributed by atoms with E-state index in [0.29, 0.717) is 29.1 Å². The molecule has 152 valence electrons. The molecule has 2 heterocycles. The van der Waals surface area contributed by atoms with Gasteiger partial charge in [0.25, 0.3) is 11.6 Å². The summed E-state index contributed by atoms with van der Waals surface area (Å²) in [6, 6.07) is 15.6. The number of carbonyl (C=O) groups is 1. The Morgan fingerprint density at radius 1 is 1.20 bits per heavy atom. The molecule has 1 aromatic heterocycles. The number of hydrogen-bond donors (Lipinski definition) is 1. The maximum absolute atomic E-state index is 13.1. The van der Waals surface area contributed by atoms with Gasteiger partial charge in [-0.15, -0.1) is 0 Å². The fourth-order valence-electron chi connectivity index (χ4n) is 3.54. The first-order valence-corrected chi connectivity index (χ1v) is 9.38.